The lowest BCUT2D eigenvalue weighted by Gasteiger charge is -2.28. The molecular weight excluding hydrogens is 256 g/mol. The Morgan fingerprint density at radius 1 is 1.15 bits per heavy atom. The largest absolute Gasteiger partial charge is 0.493 e. The summed E-state index contributed by atoms with van der Waals surface area (Å²) in [6.07, 6.45) is 3.29. The average Bonchev–Trinajstić information content (AvgIpc) is 2.75. The van der Waals surface area contributed by atoms with Crippen molar-refractivity contribution in [2.75, 3.05) is 6.61 Å². The van der Waals surface area contributed by atoms with E-state index in [-0.39, 0.29) is 18.3 Å². The molecule has 4 heteroatoms. The van der Waals surface area contributed by atoms with Crippen LogP contribution in [0.1, 0.15) is 19.4 Å². The minimum atomic E-state index is -0.564. The molecule has 0 aromatic heterocycles. The first-order valence-corrected chi connectivity index (χ1v) is 6.93. The molecule has 1 saturated heterocycles. The smallest absolute Gasteiger partial charge is 0.164 e. The monoisotopic (exact) mass is 276 g/mol. The second-order valence-corrected chi connectivity index (χ2v) is 5.57. The fourth-order valence-electron chi connectivity index (χ4n) is 2.56. The summed E-state index contributed by atoms with van der Waals surface area (Å²) in [5, 5.41) is 0. The predicted octanol–water partition coefficient (Wildman–Crippen LogP) is 2.64. The molecule has 1 fully saturated rings. The van der Waals surface area contributed by atoms with Gasteiger partial charge >= 0.3 is 0 Å². The molecule has 3 atom stereocenters. The van der Waals surface area contributed by atoms with E-state index in [2.05, 4.69) is 0 Å². The van der Waals surface area contributed by atoms with Crippen molar-refractivity contribution in [3.05, 3.63) is 48.2 Å². The van der Waals surface area contributed by atoms with Crippen LogP contribution in [-0.4, -0.2) is 30.7 Å². The zero-order valence-electron chi connectivity index (χ0n) is 11.8. The van der Waals surface area contributed by atoms with Crippen molar-refractivity contribution in [2.45, 2.75) is 44.6 Å². The van der Waals surface area contributed by atoms with Crippen molar-refractivity contribution in [3.8, 4) is 0 Å². The van der Waals surface area contributed by atoms with E-state index < -0.39 is 5.79 Å². The highest BCUT2D eigenvalue weighted by molar-refractivity contribution is 5.13. The van der Waals surface area contributed by atoms with E-state index in [1.54, 1.807) is 6.26 Å². The SMILES string of the molecule is CC1(C)O[C@@H]2[C@@H](C=CO[C@@H]2COCc2ccccc2)O1. The van der Waals surface area contributed by atoms with Gasteiger partial charge in [-0.05, 0) is 25.5 Å². The predicted molar refractivity (Wildman–Crippen MR) is 73.9 cm³/mol. The molecule has 0 radical (unpaired) electrons. The summed E-state index contributed by atoms with van der Waals surface area (Å²) < 4.78 is 23.0. The lowest BCUT2D eigenvalue weighted by molar-refractivity contribution is -0.156. The zero-order chi connectivity index (χ0) is 14.0. The molecule has 0 spiro atoms. The van der Waals surface area contributed by atoms with Crippen molar-refractivity contribution < 1.29 is 18.9 Å². The van der Waals surface area contributed by atoms with Gasteiger partial charge in [0.1, 0.15) is 12.2 Å². The summed E-state index contributed by atoms with van der Waals surface area (Å²) in [6, 6.07) is 10.1. The number of ether oxygens (including phenoxy) is 4. The van der Waals surface area contributed by atoms with Crippen molar-refractivity contribution in [2.24, 2.45) is 0 Å². The van der Waals surface area contributed by atoms with Crippen LogP contribution in [-0.2, 0) is 25.6 Å². The van der Waals surface area contributed by atoms with E-state index in [4.69, 9.17) is 18.9 Å². The Morgan fingerprint density at radius 3 is 2.75 bits per heavy atom. The van der Waals surface area contributed by atoms with E-state index in [1.807, 2.05) is 50.3 Å². The highest BCUT2D eigenvalue weighted by Crippen LogP contribution is 2.33. The van der Waals surface area contributed by atoms with Crippen LogP contribution in [0.5, 0.6) is 0 Å². The maximum atomic E-state index is 5.89. The van der Waals surface area contributed by atoms with Crippen LogP contribution < -0.4 is 0 Å². The maximum Gasteiger partial charge on any atom is 0.164 e. The van der Waals surface area contributed by atoms with Gasteiger partial charge in [0.25, 0.3) is 0 Å². The Morgan fingerprint density at radius 2 is 1.95 bits per heavy atom. The van der Waals surface area contributed by atoms with Crippen LogP contribution in [0.4, 0.5) is 0 Å². The van der Waals surface area contributed by atoms with Crippen LogP contribution in [0.15, 0.2) is 42.7 Å². The summed E-state index contributed by atoms with van der Waals surface area (Å²) in [7, 11) is 0. The Balaban J connectivity index is 1.54. The van der Waals surface area contributed by atoms with Crippen LogP contribution >= 0.6 is 0 Å². The molecule has 0 bridgehead atoms. The molecule has 2 aliphatic heterocycles. The molecule has 2 heterocycles. The molecule has 108 valence electrons. The average molecular weight is 276 g/mol. The summed E-state index contributed by atoms with van der Waals surface area (Å²) in [5.74, 6) is -0.564. The van der Waals surface area contributed by atoms with Gasteiger partial charge in [-0.3, -0.25) is 0 Å². The third-order valence-corrected chi connectivity index (χ3v) is 3.45. The van der Waals surface area contributed by atoms with Crippen molar-refractivity contribution in [3.63, 3.8) is 0 Å². The quantitative estimate of drug-likeness (QED) is 0.847. The van der Waals surface area contributed by atoms with Gasteiger partial charge in [0, 0.05) is 0 Å². The van der Waals surface area contributed by atoms with Gasteiger partial charge in [-0.1, -0.05) is 30.3 Å². The second kappa shape index (κ2) is 5.56. The Kier molecular flexibility index (Phi) is 3.78. The summed E-state index contributed by atoms with van der Waals surface area (Å²) >= 11 is 0. The fraction of sp³-hybridized carbons (Fsp3) is 0.500. The van der Waals surface area contributed by atoms with Crippen LogP contribution in [0, 0.1) is 0 Å². The summed E-state index contributed by atoms with van der Waals surface area (Å²) in [5.41, 5.74) is 1.15. The van der Waals surface area contributed by atoms with E-state index in [9.17, 15) is 0 Å². The van der Waals surface area contributed by atoms with Crippen molar-refractivity contribution in [1.82, 2.24) is 0 Å². The first-order valence-electron chi connectivity index (χ1n) is 6.93. The van der Waals surface area contributed by atoms with Gasteiger partial charge in [-0.25, -0.2) is 0 Å². The molecule has 3 rings (SSSR count). The Hall–Kier alpha value is -1.36. The summed E-state index contributed by atoms with van der Waals surface area (Å²) in [6.45, 7) is 4.90. The van der Waals surface area contributed by atoms with E-state index >= 15 is 0 Å². The molecule has 2 aliphatic rings. The fourth-order valence-corrected chi connectivity index (χ4v) is 2.56. The van der Waals surface area contributed by atoms with Gasteiger partial charge < -0.3 is 18.9 Å². The van der Waals surface area contributed by atoms with Gasteiger partial charge in [-0.2, -0.15) is 0 Å². The van der Waals surface area contributed by atoms with E-state index in [1.165, 1.54) is 0 Å². The summed E-state index contributed by atoms with van der Waals surface area (Å²) in [4.78, 5) is 0. The third kappa shape index (κ3) is 3.03. The minimum absolute atomic E-state index is 0.0518. The van der Waals surface area contributed by atoms with Gasteiger partial charge in [0.15, 0.2) is 11.9 Å². The molecular formula is C16H20O4. The number of benzene rings is 1. The molecule has 1 aromatic rings. The topological polar surface area (TPSA) is 36.9 Å². The second-order valence-electron chi connectivity index (χ2n) is 5.57. The lowest BCUT2D eigenvalue weighted by Crippen LogP contribution is -2.41. The third-order valence-electron chi connectivity index (χ3n) is 3.45. The molecule has 20 heavy (non-hydrogen) atoms. The normalized spacial score (nSPS) is 30.8. The Bertz CT molecular complexity index is 469. The maximum absolute atomic E-state index is 5.89. The van der Waals surface area contributed by atoms with Crippen LogP contribution in [0.2, 0.25) is 0 Å². The standard InChI is InChI=1S/C16H20O4/c1-16(2)19-13-8-9-18-14(15(13)20-16)11-17-10-12-6-4-3-5-7-12/h3-9,13-15H,10-11H2,1-2H3/t13-,14-,15-/m1/s1. The zero-order valence-corrected chi connectivity index (χ0v) is 11.8. The van der Waals surface area contributed by atoms with Crippen molar-refractivity contribution in [1.29, 1.82) is 0 Å². The molecule has 0 amide bonds. The highest BCUT2D eigenvalue weighted by Gasteiger charge is 2.46. The lowest BCUT2D eigenvalue weighted by atomic mass is 10.1. The molecule has 0 unspecified atom stereocenters. The first-order chi connectivity index (χ1) is 9.64. The van der Waals surface area contributed by atoms with E-state index in [0.29, 0.717) is 13.2 Å². The molecule has 4 nitrogen and oxygen atoms in total. The Labute approximate surface area is 119 Å². The van der Waals surface area contributed by atoms with Gasteiger partial charge in [0.05, 0.1) is 19.5 Å². The number of fused-ring (bicyclic) bond motifs is 1. The first kappa shape index (κ1) is 13.6. The van der Waals surface area contributed by atoms with Crippen LogP contribution in [0.3, 0.4) is 0 Å². The van der Waals surface area contributed by atoms with Gasteiger partial charge in [-0.15, -0.1) is 0 Å². The van der Waals surface area contributed by atoms with Crippen molar-refractivity contribution >= 4 is 0 Å². The molecule has 0 aliphatic carbocycles. The molecule has 0 saturated carbocycles. The molecule has 0 N–H and O–H groups in total. The highest BCUT2D eigenvalue weighted by atomic mass is 16.8. The molecule has 1 aromatic carbocycles. The van der Waals surface area contributed by atoms with Gasteiger partial charge in [0.2, 0.25) is 0 Å². The number of hydrogen-bond acceptors (Lipinski definition) is 4. The van der Waals surface area contributed by atoms with Crippen LogP contribution in [0.25, 0.3) is 0 Å². The number of rotatable bonds is 4. The minimum Gasteiger partial charge on any atom is -0.493 e. The van der Waals surface area contributed by atoms with E-state index in [0.717, 1.165) is 5.56 Å². The number of hydrogen-bond donors (Lipinski definition) is 0.